The van der Waals surface area contributed by atoms with E-state index >= 15 is 0 Å². The van der Waals surface area contributed by atoms with Crippen LogP contribution in [-0.4, -0.2) is 0 Å². The van der Waals surface area contributed by atoms with Crippen molar-refractivity contribution in [3.05, 3.63) is 206 Å². The number of rotatable bonds is 4. The lowest BCUT2D eigenvalue weighted by Crippen LogP contribution is -1.94. The molecule has 0 aromatic heterocycles. The van der Waals surface area contributed by atoms with Crippen LogP contribution in [0.15, 0.2) is 206 Å². The Balaban J connectivity index is 1.31. The summed E-state index contributed by atoms with van der Waals surface area (Å²) in [5, 5.41) is 15.0. The van der Waals surface area contributed by atoms with Crippen molar-refractivity contribution in [3.63, 3.8) is 0 Å². The van der Waals surface area contributed by atoms with Gasteiger partial charge in [0.25, 0.3) is 0 Å². The molecular weight excluding hydrogens is 649 g/mol. The summed E-state index contributed by atoms with van der Waals surface area (Å²) in [5.41, 5.74) is 9.94. The molecule has 11 aromatic rings. The summed E-state index contributed by atoms with van der Waals surface area (Å²) in [4.78, 5) is 0. The summed E-state index contributed by atoms with van der Waals surface area (Å²) < 4.78 is 0. The number of hydrogen-bond acceptors (Lipinski definition) is 0. The minimum absolute atomic E-state index is 1.22. The van der Waals surface area contributed by atoms with Crippen molar-refractivity contribution in [2.75, 3.05) is 0 Å². The van der Waals surface area contributed by atoms with Crippen LogP contribution < -0.4 is 0 Å². The smallest absolute Gasteiger partial charge is 0.00199 e. The van der Waals surface area contributed by atoms with Crippen LogP contribution in [0, 0.1) is 0 Å². The minimum atomic E-state index is 1.22. The molecule has 0 atom stereocenters. The topological polar surface area (TPSA) is 0 Å². The van der Waals surface area contributed by atoms with Gasteiger partial charge in [-0.15, -0.1) is 0 Å². The van der Waals surface area contributed by atoms with Crippen LogP contribution >= 0.6 is 0 Å². The molecule has 54 heavy (non-hydrogen) atoms. The van der Waals surface area contributed by atoms with Crippen LogP contribution in [-0.2, 0) is 0 Å². The largest absolute Gasteiger partial charge is 0.0616 e. The van der Waals surface area contributed by atoms with E-state index in [-0.39, 0.29) is 0 Å². The third-order valence-electron chi connectivity index (χ3n) is 11.4. The number of fused-ring (bicyclic) bond motifs is 6. The van der Waals surface area contributed by atoms with Crippen LogP contribution in [0.2, 0.25) is 0 Å². The van der Waals surface area contributed by atoms with E-state index in [2.05, 4.69) is 206 Å². The summed E-state index contributed by atoms with van der Waals surface area (Å²) in [5.74, 6) is 0. The average molecular weight is 683 g/mol. The van der Waals surface area contributed by atoms with Crippen molar-refractivity contribution in [2.45, 2.75) is 0 Å². The van der Waals surface area contributed by atoms with Crippen molar-refractivity contribution in [3.8, 4) is 44.5 Å². The maximum absolute atomic E-state index is 2.46. The Labute approximate surface area is 314 Å². The van der Waals surface area contributed by atoms with Gasteiger partial charge in [0.2, 0.25) is 0 Å². The van der Waals surface area contributed by atoms with Crippen molar-refractivity contribution in [2.24, 2.45) is 0 Å². The van der Waals surface area contributed by atoms with Crippen LogP contribution in [0.3, 0.4) is 0 Å². The van der Waals surface area contributed by atoms with E-state index in [1.165, 1.54) is 109 Å². The fourth-order valence-electron chi connectivity index (χ4n) is 8.91. The molecule has 250 valence electrons. The molecule has 0 heterocycles. The van der Waals surface area contributed by atoms with E-state index in [4.69, 9.17) is 0 Å². The van der Waals surface area contributed by atoms with E-state index in [0.29, 0.717) is 0 Å². The molecule has 0 bridgehead atoms. The Kier molecular flexibility index (Phi) is 6.97. The second-order valence-corrected chi connectivity index (χ2v) is 14.4. The molecule has 0 saturated heterocycles. The second kappa shape index (κ2) is 12.3. The van der Waals surface area contributed by atoms with Crippen molar-refractivity contribution < 1.29 is 0 Å². The predicted octanol–water partition coefficient (Wildman–Crippen LogP) is 15.3. The number of benzene rings is 11. The predicted molar refractivity (Wildman–Crippen MR) is 233 cm³/mol. The zero-order valence-corrected chi connectivity index (χ0v) is 29.6. The molecule has 0 saturated carbocycles. The van der Waals surface area contributed by atoms with E-state index in [9.17, 15) is 0 Å². The van der Waals surface area contributed by atoms with Gasteiger partial charge < -0.3 is 0 Å². The normalized spacial score (nSPS) is 11.7. The monoisotopic (exact) mass is 682 g/mol. The van der Waals surface area contributed by atoms with Gasteiger partial charge in [-0.2, -0.15) is 0 Å². The molecule has 11 aromatic carbocycles. The van der Waals surface area contributed by atoms with E-state index in [1.54, 1.807) is 0 Å². The molecule has 0 aliphatic heterocycles. The van der Waals surface area contributed by atoms with Gasteiger partial charge >= 0.3 is 0 Å². The molecule has 0 fully saturated rings. The molecule has 0 unspecified atom stereocenters. The average Bonchev–Trinajstić information content (AvgIpc) is 3.24. The highest BCUT2D eigenvalue weighted by Crippen LogP contribution is 2.48. The Morgan fingerprint density at radius 2 is 0.593 bits per heavy atom. The second-order valence-electron chi connectivity index (χ2n) is 14.4. The van der Waals surface area contributed by atoms with Gasteiger partial charge in [0.15, 0.2) is 0 Å². The Morgan fingerprint density at radius 1 is 0.185 bits per heavy atom. The molecule has 0 aliphatic carbocycles. The van der Waals surface area contributed by atoms with E-state index in [0.717, 1.165) is 0 Å². The Hall–Kier alpha value is -7.02. The van der Waals surface area contributed by atoms with Crippen molar-refractivity contribution >= 4 is 64.6 Å². The van der Waals surface area contributed by atoms with Gasteiger partial charge in [0, 0.05) is 0 Å². The summed E-state index contributed by atoms with van der Waals surface area (Å²) in [6, 6.07) is 76.4. The van der Waals surface area contributed by atoms with Crippen LogP contribution in [0.5, 0.6) is 0 Å². The maximum atomic E-state index is 2.46. The maximum Gasteiger partial charge on any atom is -0.00199 e. The molecule has 0 N–H and O–H groups in total. The quantitative estimate of drug-likeness (QED) is 0.162. The molecule has 0 heteroatoms. The first-order chi connectivity index (χ1) is 26.8. The number of hydrogen-bond donors (Lipinski definition) is 0. The minimum Gasteiger partial charge on any atom is -0.0616 e. The summed E-state index contributed by atoms with van der Waals surface area (Å²) in [6.07, 6.45) is 0. The molecular formula is C54H34. The van der Waals surface area contributed by atoms with Gasteiger partial charge in [0.05, 0.1) is 0 Å². The first-order valence-corrected chi connectivity index (χ1v) is 18.8. The lowest BCUT2D eigenvalue weighted by molar-refractivity contribution is 1.65. The first-order valence-electron chi connectivity index (χ1n) is 18.8. The summed E-state index contributed by atoms with van der Waals surface area (Å²) in [7, 11) is 0. The Bertz CT molecular complexity index is 3260. The van der Waals surface area contributed by atoms with Gasteiger partial charge in [-0.25, -0.2) is 0 Å². The standard InChI is InChI=1S/C54H34/c1-2-16-39-32-42(27-26-35(39)12-1)53-49-30-28-41(47-24-10-18-37-14-4-7-21-44(37)47)34-52(49)54(48-25-11-19-38-15-5-8-22-45(38)48)50-31-29-40(33-51(50)53)46-23-9-17-36-13-3-6-20-43(36)46/h1-34H. The zero-order chi connectivity index (χ0) is 35.6. The SMILES string of the molecule is c1ccc2cc(-c3c4cc(-c5cccc6ccccc56)ccc4c(-c4cccc5ccccc45)c4cc(-c5cccc6ccccc56)ccc34)ccc2c1. The van der Waals surface area contributed by atoms with Gasteiger partial charge in [-0.05, 0) is 127 Å². The van der Waals surface area contributed by atoms with Crippen LogP contribution in [0.25, 0.3) is 109 Å². The molecule has 0 nitrogen and oxygen atoms in total. The molecule has 0 amide bonds. The van der Waals surface area contributed by atoms with E-state index < -0.39 is 0 Å². The summed E-state index contributed by atoms with van der Waals surface area (Å²) in [6.45, 7) is 0. The fraction of sp³-hybridized carbons (Fsp3) is 0. The van der Waals surface area contributed by atoms with Gasteiger partial charge in [-0.3, -0.25) is 0 Å². The lowest BCUT2D eigenvalue weighted by atomic mass is 9.82. The molecule has 0 spiro atoms. The summed E-state index contributed by atoms with van der Waals surface area (Å²) >= 11 is 0. The van der Waals surface area contributed by atoms with Crippen LogP contribution in [0.1, 0.15) is 0 Å². The zero-order valence-electron chi connectivity index (χ0n) is 29.6. The molecule has 0 aliphatic rings. The van der Waals surface area contributed by atoms with Crippen molar-refractivity contribution in [1.29, 1.82) is 0 Å². The third-order valence-corrected chi connectivity index (χ3v) is 11.4. The highest BCUT2D eigenvalue weighted by atomic mass is 14.2. The lowest BCUT2D eigenvalue weighted by Gasteiger charge is -2.21. The first kappa shape index (κ1) is 30.6. The highest BCUT2D eigenvalue weighted by Gasteiger charge is 2.20. The highest BCUT2D eigenvalue weighted by molar-refractivity contribution is 6.25. The van der Waals surface area contributed by atoms with Crippen LogP contribution in [0.4, 0.5) is 0 Å². The van der Waals surface area contributed by atoms with Gasteiger partial charge in [0.1, 0.15) is 0 Å². The van der Waals surface area contributed by atoms with Crippen molar-refractivity contribution in [1.82, 2.24) is 0 Å². The van der Waals surface area contributed by atoms with E-state index in [1.807, 2.05) is 0 Å². The molecule has 11 rings (SSSR count). The molecule has 0 radical (unpaired) electrons. The Morgan fingerprint density at radius 3 is 1.17 bits per heavy atom. The fourth-order valence-corrected chi connectivity index (χ4v) is 8.91. The third kappa shape index (κ3) is 4.85. The van der Waals surface area contributed by atoms with Gasteiger partial charge in [-0.1, -0.05) is 188 Å².